The first-order valence-corrected chi connectivity index (χ1v) is 9.92. The molecule has 1 aromatic carbocycles. The highest BCUT2D eigenvalue weighted by Crippen LogP contribution is 2.37. The number of halogens is 3. The Morgan fingerprint density at radius 2 is 1.87 bits per heavy atom. The van der Waals surface area contributed by atoms with E-state index in [1.165, 1.54) is 23.0 Å². The highest BCUT2D eigenvalue weighted by atomic mass is 19.4. The summed E-state index contributed by atoms with van der Waals surface area (Å²) >= 11 is 0. The van der Waals surface area contributed by atoms with Crippen LogP contribution in [0, 0.1) is 12.8 Å². The van der Waals surface area contributed by atoms with Crippen LogP contribution in [-0.2, 0) is 4.74 Å². The zero-order valence-corrected chi connectivity index (χ0v) is 16.8. The van der Waals surface area contributed by atoms with Crippen molar-refractivity contribution in [2.75, 3.05) is 6.61 Å². The van der Waals surface area contributed by atoms with Gasteiger partial charge in [0.2, 0.25) is 0 Å². The molecule has 1 saturated carbocycles. The van der Waals surface area contributed by atoms with Gasteiger partial charge in [0.1, 0.15) is 5.56 Å². The summed E-state index contributed by atoms with van der Waals surface area (Å²) in [4.78, 5) is 24.4. The van der Waals surface area contributed by atoms with Gasteiger partial charge in [0.15, 0.2) is 0 Å². The quantitative estimate of drug-likeness (QED) is 0.732. The number of nitrogens with one attached hydrogen (secondary N) is 1. The van der Waals surface area contributed by atoms with Crippen molar-refractivity contribution in [1.29, 1.82) is 0 Å². The maximum Gasteiger partial charge on any atom is 0.393 e. The van der Waals surface area contributed by atoms with E-state index in [0.29, 0.717) is 36.2 Å². The van der Waals surface area contributed by atoms with Gasteiger partial charge < -0.3 is 10.1 Å². The number of rotatable bonds is 5. The molecule has 1 aromatic heterocycles. The van der Waals surface area contributed by atoms with Crippen molar-refractivity contribution < 1.29 is 27.5 Å². The molecule has 9 heteroatoms. The van der Waals surface area contributed by atoms with E-state index in [9.17, 15) is 22.8 Å². The van der Waals surface area contributed by atoms with Crippen molar-refractivity contribution >= 4 is 11.9 Å². The van der Waals surface area contributed by atoms with Crippen molar-refractivity contribution in [3.05, 3.63) is 47.3 Å². The Hall–Kier alpha value is -2.84. The minimum Gasteiger partial charge on any atom is -0.462 e. The number of hydrogen-bond donors (Lipinski definition) is 1. The fourth-order valence-corrected chi connectivity index (χ4v) is 3.78. The third-order valence-electron chi connectivity index (χ3n) is 5.38. The normalized spacial score (nSPS) is 19.4. The van der Waals surface area contributed by atoms with Crippen LogP contribution in [0.4, 0.5) is 13.2 Å². The standard InChI is InChI=1S/C21H24F3N3O3/c1-3-30-20(29)16-12-25-27(13(16)2)15-10-8-14(9-11-15)19(28)26-18-7-5-4-6-17(18)21(22,23)24/h8-12,17-18H,3-7H2,1-2H3,(H,26,28). The minimum absolute atomic E-state index is 0.0365. The van der Waals surface area contributed by atoms with Crippen molar-refractivity contribution in [3.8, 4) is 5.69 Å². The van der Waals surface area contributed by atoms with Crippen molar-refractivity contribution in [2.45, 2.75) is 51.7 Å². The molecule has 0 spiro atoms. The summed E-state index contributed by atoms with van der Waals surface area (Å²) in [6, 6.07) is 5.41. The molecule has 3 rings (SSSR count). The third kappa shape index (κ3) is 4.66. The van der Waals surface area contributed by atoms with Crippen LogP contribution >= 0.6 is 0 Å². The number of alkyl halides is 3. The van der Waals surface area contributed by atoms with Crippen LogP contribution in [0.3, 0.4) is 0 Å². The number of carbonyl (C=O) groups is 2. The van der Waals surface area contributed by atoms with Crippen LogP contribution in [-0.4, -0.2) is 40.5 Å². The lowest BCUT2D eigenvalue weighted by atomic mass is 9.84. The molecule has 1 amide bonds. The number of aromatic nitrogens is 2. The second-order valence-corrected chi connectivity index (χ2v) is 7.34. The fraction of sp³-hybridized carbons (Fsp3) is 0.476. The molecule has 0 bridgehead atoms. The van der Waals surface area contributed by atoms with E-state index < -0.39 is 30.0 Å². The van der Waals surface area contributed by atoms with Gasteiger partial charge in [-0.1, -0.05) is 12.8 Å². The molecule has 0 aliphatic heterocycles. The Morgan fingerprint density at radius 1 is 1.20 bits per heavy atom. The summed E-state index contributed by atoms with van der Waals surface area (Å²) in [5.41, 5.74) is 1.81. The Balaban J connectivity index is 1.73. The Morgan fingerprint density at radius 3 is 2.50 bits per heavy atom. The number of carbonyl (C=O) groups excluding carboxylic acids is 2. The largest absolute Gasteiger partial charge is 0.462 e. The van der Waals surface area contributed by atoms with Gasteiger partial charge in [0, 0.05) is 11.6 Å². The number of benzene rings is 1. The van der Waals surface area contributed by atoms with Crippen LogP contribution in [0.15, 0.2) is 30.5 Å². The summed E-state index contributed by atoms with van der Waals surface area (Å²) in [6.07, 6.45) is -1.38. The molecular formula is C21H24F3N3O3. The summed E-state index contributed by atoms with van der Waals surface area (Å²) < 4.78 is 46.2. The first-order valence-electron chi connectivity index (χ1n) is 9.92. The van der Waals surface area contributed by atoms with Gasteiger partial charge in [-0.15, -0.1) is 0 Å². The molecule has 162 valence electrons. The summed E-state index contributed by atoms with van der Waals surface area (Å²) in [5.74, 6) is -2.52. The van der Waals surface area contributed by atoms with Gasteiger partial charge in [-0.2, -0.15) is 18.3 Å². The first kappa shape index (κ1) is 21.9. The second-order valence-electron chi connectivity index (χ2n) is 7.34. The number of esters is 1. The van der Waals surface area contributed by atoms with E-state index in [0.717, 1.165) is 0 Å². The zero-order chi connectivity index (χ0) is 21.9. The van der Waals surface area contributed by atoms with Gasteiger partial charge in [-0.05, 0) is 51.0 Å². The second kappa shape index (κ2) is 8.89. The minimum atomic E-state index is -4.32. The van der Waals surface area contributed by atoms with Gasteiger partial charge in [-0.3, -0.25) is 4.79 Å². The van der Waals surface area contributed by atoms with Crippen LogP contribution in [0.2, 0.25) is 0 Å². The monoisotopic (exact) mass is 423 g/mol. The summed E-state index contributed by atoms with van der Waals surface area (Å²) in [7, 11) is 0. The molecule has 1 N–H and O–H groups in total. The van der Waals surface area contributed by atoms with Crippen LogP contribution in [0.5, 0.6) is 0 Å². The first-order chi connectivity index (χ1) is 14.2. The molecule has 2 aromatic rings. The van der Waals surface area contributed by atoms with Crippen LogP contribution < -0.4 is 5.32 Å². The Kier molecular flexibility index (Phi) is 6.48. The molecule has 2 atom stereocenters. The van der Waals surface area contributed by atoms with Crippen molar-refractivity contribution in [2.24, 2.45) is 5.92 Å². The summed E-state index contributed by atoms with van der Waals surface area (Å²) in [5, 5.41) is 6.74. The molecule has 1 fully saturated rings. The van der Waals surface area contributed by atoms with E-state index in [1.807, 2.05) is 0 Å². The molecule has 0 saturated heterocycles. The van der Waals surface area contributed by atoms with E-state index in [-0.39, 0.29) is 18.6 Å². The van der Waals surface area contributed by atoms with Crippen molar-refractivity contribution in [1.82, 2.24) is 15.1 Å². The lowest BCUT2D eigenvalue weighted by Gasteiger charge is -2.33. The predicted octanol–water partition coefficient (Wildman–Crippen LogP) is 4.21. The predicted molar refractivity (Wildman–Crippen MR) is 104 cm³/mol. The summed E-state index contributed by atoms with van der Waals surface area (Å²) in [6.45, 7) is 3.69. The lowest BCUT2D eigenvalue weighted by molar-refractivity contribution is -0.187. The molecule has 30 heavy (non-hydrogen) atoms. The average molecular weight is 423 g/mol. The molecule has 0 radical (unpaired) electrons. The number of hydrogen-bond acceptors (Lipinski definition) is 4. The van der Waals surface area contributed by atoms with Gasteiger partial charge in [-0.25, -0.2) is 9.48 Å². The number of ether oxygens (including phenoxy) is 1. The molecule has 6 nitrogen and oxygen atoms in total. The molecule has 2 unspecified atom stereocenters. The van der Waals surface area contributed by atoms with E-state index >= 15 is 0 Å². The third-order valence-corrected chi connectivity index (χ3v) is 5.38. The highest BCUT2D eigenvalue weighted by molar-refractivity contribution is 5.94. The SMILES string of the molecule is CCOC(=O)c1cnn(-c2ccc(C(=O)NC3CCCCC3C(F)(F)F)cc2)c1C. The Bertz CT molecular complexity index is 906. The maximum atomic E-state index is 13.2. The van der Waals surface area contributed by atoms with Gasteiger partial charge >= 0.3 is 12.1 Å². The van der Waals surface area contributed by atoms with E-state index in [1.54, 1.807) is 26.0 Å². The number of amides is 1. The van der Waals surface area contributed by atoms with Gasteiger partial charge in [0.05, 0.1) is 30.1 Å². The van der Waals surface area contributed by atoms with E-state index in [2.05, 4.69) is 10.4 Å². The smallest absolute Gasteiger partial charge is 0.393 e. The van der Waals surface area contributed by atoms with Gasteiger partial charge in [0.25, 0.3) is 5.91 Å². The lowest BCUT2D eigenvalue weighted by Crippen LogP contribution is -2.47. The highest BCUT2D eigenvalue weighted by Gasteiger charge is 2.46. The van der Waals surface area contributed by atoms with Crippen molar-refractivity contribution in [3.63, 3.8) is 0 Å². The fourth-order valence-electron chi connectivity index (χ4n) is 3.78. The maximum absolute atomic E-state index is 13.2. The van der Waals surface area contributed by atoms with Crippen LogP contribution in [0.25, 0.3) is 5.69 Å². The topological polar surface area (TPSA) is 73.2 Å². The van der Waals surface area contributed by atoms with E-state index in [4.69, 9.17) is 4.74 Å². The Labute approximate surface area is 172 Å². The molecular weight excluding hydrogens is 399 g/mol. The zero-order valence-electron chi connectivity index (χ0n) is 16.8. The molecule has 1 aliphatic carbocycles. The number of nitrogens with zero attached hydrogens (tertiary/aromatic N) is 2. The van der Waals surface area contributed by atoms with Crippen LogP contribution in [0.1, 0.15) is 59.0 Å². The molecule has 1 aliphatic rings. The average Bonchev–Trinajstić information content (AvgIpc) is 3.09. The molecule has 1 heterocycles.